The van der Waals surface area contributed by atoms with E-state index in [9.17, 15) is 28.2 Å². The first-order valence-corrected chi connectivity index (χ1v) is 5.93. The number of halogens is 4. The molecule has 0 saturated carbocycles. The predicted molar refractivity (Wildman–Crippen MR) is 63.9 cm³/mol. The molecule has 1 amide bonds. The topological polar surface area (TPSA) is 83.6 Å². The molecule has 8 heteroatoms. The summed E-state index contributed by atoms with van der Waals surface area (Å²) in [6, 6.07) is 2.59. The van der Waals surface area contributed by atoms with Crippen molar-refractivity contribution in [3.8, 4) is 0 Å². The van der Waals surface area contributed by atoms with E-state index in [1.54, 1.807) is 0 Å². The number of benzene rings is 1. The minimum Gasteiger partial charge on any atom is -0.390 e. The summed E-state index contributed by atoms with van der Waals surface area (Å²) in [5.74, 6) is -0.824. The summed E-state index contributed by atoms with van der Waals surface area (Å²) in [7, 11) is 0. The third kappa shape index (κ3) is 4.19. The van der Waals surface area contributed by atoms with Crippen molar-refractivity contribution in [1.29, 1.82) is 0 Å². The monoisotopic (exact) mass is 341 g/mol. The van der Waals surface area contributed by atoms with Gasteiger partial charge in [-0.15, -0.1) is 0 Å². The van der Waals surface area contributed by atoms with Crippen LogP contribution in [-0.2, 0) is 11.0 Å². The Bertz CT molecular complexity index is 479. The zero-order valence-corrected chi connectivity index (χ0v) is 11.1. The van der Waals surface area contributed by atoms with Crippen molar-refractivity contribution in [2.75, 3.05) is 0 Å². The number of alkyl halides is 3. The van der Waals surface area contributed by atoms with Gasteiger partial charge in [0, 0.05) is 4.47 Å². The summed E-state index contributed by atoms with van der Waals surface area (Å²) in [6.07, 6.45) is -7.98. The first-order valence-electron chi connectivity index (χ1n) is 5.14. The molecule has 1 rings (SSSR count). The largest absolute Gasteiger partial charge is 0.416 e. The van der Waals surface area contributed by atoms with Crippen molar-refractivity contribution in [3.63, 3.8) is 0 Å². The highest BCUT2D eigenvalue weighted by Gasteiger charge is 2.32. The molecule has 4 nitrogen and oxygen atoms in total. The number of carbonyl (C=O) groups excluding carboxylic acids is 1. The van der Waals surface area contributed by atoms with Crippen LogP contribution in [0.5, 0.6) is 0 Å². The highest BCUT2D eigenvalue weighted by molar-refractivity contribution is 9.10. The second-order valence-corrected chi connectivity index (χ2v) is 4.77. The number of hydrogen-bond acceptors (Lipinski definition) is 3. The Morgan fingerprint density at radius 3 is 2.37 bits per heavy atom. The van der Waals surface area contributed by atoms with Crippen molar-refractivity contribution >= 4 is 21.8 Å². The summed E-state index contributed by atoms with van der Waals surface area (Å²) in [5.41, 5.74) is 4.01. The molecule has 0 saturated heterocycles. The first-order chi connectivity index (χ1) is 8.62. The maximum atomic E-state index is 12.4. The van der Waals surface area contributed by atoms with Gasteiger partial charge in [-0.2, -0.15) is 13.2 Å². The second-order valence-electron chi connectivity index (χ2n) is 3.92. The third-order valence-electron chi connectivity index (χ3n) is 2.42. The Morgan fingerprint density at radius 2 is 1.95 bits per heavy atom. The van der Waals surface area contributed by atoms with Crippen LogP contribution in [0, 0.1) is 0 Å². The lowest BCUT2D eigenvalue weighted by atomic mass is 10.0. The summed E-state index contributed by atoms with van der Waals surface area (Å²) in [5, 5.41) is 19.2. The molecule has 19 heavy (non-hydrogen) atoms. The molecule has 0 radical (unpaired) electrons. The van der Waals surface area contributed by atoms with Gasteiger partial charge < -0.3 is 15.9 Å². The number of amides is 1. The van der Waals surface area contributed by atoms with Gasteiger partial charge in [-0.05, 0) is 17.7 Å². The van der Waals surface area contributed by atoms with E-state index in [1.807, 2.05) is 0 Å². The average molecular weight is 342 g/mol. The van der Waals surface area contributed by atoms with Gasteiger partial charge in [0.15, 0.2) is 0 Å². The van der Waals surface area contributed by atoms with Gasteiger partial charge in [0.25, 0.3) is 0 Å². The van der Waals surface area contributed by atoms with E-state index in [2.05, 4.69) is 15.9 Å². The van der Waals surface area contributed by atoms with Crippen LogP contribution in [0.3, 0.4) is 0 Å². The maximum absolute atomic E-state index is 12.4. The van der Waals surface area contributed by atoms with Crippen molar-refractivity contribution in [3.05, 3.63) is 33.8 Å². The lowest BCUT2D eigenvalue weighted by molar-refractivity contribution is -0.137. The standard InChI is InChI=1S/C11H11BrF3NO3/c12-7-3-5(11(13,14)15)1-2-6(7)10(19)8(17)4-9(16)18/h1-3,8,10,17,19H,4H2,(H2,16,18). The van der Waals surface area contributed by atoms with E-state index in [-0.39, 0.29) is 10.0 Å². The number of carbonyl (C=O) groups is 1. The molecule has 0 bridgehead atoms. The van der Waals surface area contributed by atoms with Gasteiger partial charge in [0.2, 0.25) is 5.91 Å². The normalized spacial score (nSPS) is 15.1. The number of nitrogens with two attached hydrogens (primary N) is 1. The zero-order chi connectivity index (χ0) is 14.8. The summed E-state index contributed by atoms with van der Waals surface area (Å²) >= 11 is 2.89. The van der Waals surface area contributed by atoms with E-state index >= 15 is 0 Å². The minimum atomic E-state index is -4.50. The average Bonchev–Trinajstić information content (AvgIpc) is 2.25. The van der Waals surface area contributed by atoms with Crippen molar-refractivity contribution < 1.29 is 28.2 Å². The van der Waals surface area contributed by atoms with Crippen LogP contribution >= 0.6 is 15.9 Å². The molecule has 0 fully saturated rings. The van der Waals surface area contributed by atoms with Gasteiger partial charge in [-0.3, -0.25) is 4.79 Å². The van der Waals surface area contributed by atoms with E-state index in [0.29, 0.717) is 0 Å². The Labute approximate surface area is 115 Å². The third-order valence-corrected chi connectivity index (χ3v) is 3.11. The van der Waals surface area contributed by atoms with Crippen LogP contribution in [0.4, 0.5) is 13.2 Å². The van der Waals surface area contributed by atoms with E-state index < -0.39 is 36.3 Å². The number of hydrogen-bond donors (Lipinski definition) is 3. The highest BCUT2D eigenvalue weighted by Crippen LogP contribution is 2.34. The molecule has 2 atom stereocenters. The molecule has 4 N–H and O–H groups in total. The molecular formula is C11H11BrF3NO3. The minimum absolute atomic E-state index is 0.0154. The van der Waals surface area contributed by atoms with Crippen LogP contribution < -0.4 is 5.73 Å². The van der Waals surface area contributed by atoms with Crippen LogP contribution in [0.25, 0.3) is 0 Å². The van der Waals surface area contributed by atoms with Crippen LogP contribution in [0.2, 0.25) is 0 Å². The van der Waals surface area contributed by atoms with E-state index in [1.165, 1.54) is 0 Å². The van der Waals surface area contributed by atoms with Gasteiger partial charge >= 0.3 is 6.18 Å². The fourth-order valence-electron chi connectivity index (χ4n) is 1.47. The Morgan fingerprint density at radius 1 is 1.37 bits per heavy atom. The summed E-state index contributed by atoms with van der Waals surface area (Å²) in [4.78, 5) is 10.6. The number of primary amides is 1. The number of aliphatic hydroxyl groups excluding tert-OH is 2. The molecular weight excluding hydrogens is 331 g/mol. The maximum Gasteiger partial charge on any atom is 0.416 e. The molecule has 0 aliphatic heterocycles. The highest BCUT2D eigenvalue weighted by atomic mass is 79.9. The lowest BCUT2D eigenvalue weighted by Gasteiger charge is -2.19. The van der Waals surface area contributed by atoms with Gasteiger partial charge in [-0.25, -0.2) is 0 Å². The Hall–Kier alpha value is -1.12. The molecule has 0 spiro atoms. The van der Waals surface area contributed by atoms with Crippen molar-refractivity contribution in [1.82, 2.24) is 0 Å². The quantitative estimate of drug-likeness (QED) is 0.779. The van der Waals surface area contributed by atoms with Crippen LogP contribution in [-0.4, -0.2) is 22.2 Å². The fraction of sp³-hybridized carbons (Fsp3) is 0.364. The van der Waals surface area contributed by atoms with Gasteiger partial charge in [-0.1, -0.05) is 22.0 Å². The second kappa shape index (κ2) is 5.89. The summed E-state index contributed by atoms with van der Waals surface area (Å²) < 4.78 is 37.3. The Kier molecular flexibility index (Phi) is 4.94. The smallest absolute Gasteiger partial charge is 0.390 e. The molecule has 0 aliphatic carbocycles. The lowest BCUT2D eigenvalue weighted by Crippen LogP contribution is -2.26. The van der Waals surface area contributed by atoms with Gasteiger partial charge in [0.1, 0.15) is 6.10 Å². The molecule has 0 heterocycles. The molecule has 1 aromatic carbocycles. The fourth-order valence-corrected chi connectivity index (χ4v) is 2.08. The van der Waals surface area contributed by atoms with Crippen molar-refractivity contribution in [2.24, 2.45) is 5.73 Å². The van der Waals surface area contributed by atoms with Crippen LogP contribution in [0.1, 0.15) is 23.7 Å². The zero-order valence-electron chi connectivity index (χ0n) is 9.49. The number of rotatable bonds is 4. The first kappa shape index (κ1) is 15.9. The summed E-state index contributed by atoms with van der Waals surface area (Å²) in [6.45, 7) is 0. The molecule has 0 aliphatic rings. The predicted octanol–water partition coefficient (Wildman–Crippen LogP) is 1.74. The molecule has 106 valence electrons. The molecule has 0 aromatic heterocycles. The van der Waals surface area contributed by atoms with Crippen molar-refractivity contribution in [2.45, 2.75) is 24.8 Å². The Balaban J connectivity index is 2.99. The number of aliphatic hydroxyl groups is 2. The van der Waals surface area contributed by atoms with Gasteiger partial charge in [0.05, 0.1) is 18.1 Å². The van der Waals surface area contributed by atoms with E-state index in [4.69, 9.17) is 5.73 Å². The molecule has 1 aromatic rings. The SMILES string of the molecule is NC(=O)CC(O)C(O)c1ccc(C(F)(F)F)cc1Br. The van der Waals surface area contributed by atoms with E-state index in [0.717, 1.165) is 18.2 Å². The van der Waals surface area contributed by atoms with Crippen LogP contribution in [0.15, 0.2) is 22.7 Å². The molecule has 2 unspecified atom stereocenters.